The molecule has 0 saturated carbocycles. The average molecular weight is 739 g/mol. The van der Waals surface area contributed by atoms with Gasteiger partial charge < -0.3 is 9.97 Å². The van der Waals surface area contributed by atoms with Crippen molar-refractivity contribution in [1.82, 2.24) is 39.9 Å². The van der Waals surface area contributed by atoms with E-state index in [0.717, 1.165) is 89.4 Å². The van der Waals surface area contributed by atoms with Crippen LogP contribution in [0, 0.1) is 0 Å². The fourth-order valence-electron chi connectivity index (χ4n) is 6.43. The van der Waals surface area contributed by atoms with E-state index in [1.807, 2.05) is 110 Å². The molecule has 0 spiro atoms. The number of H-pyrrole nitrogens is 2. The molecule has 0 amide bonds. The molecule has 2 radical (unpaired) electrons. The van der Waals surface area contributed by atoms with Gasteiger partial charge in [0, 0.05) is 88.4 Å². The van der Waals surface area contributed by atoms with Gasteiger partial charge in [-0.1, -0.05) is 0 Å². The van der Waals surface area contributed by atoms with Crippen LogP contribution in [0.1, 0.15) is 28.3 Å². The molecule has 0 aromatic carbocycles. The Morgan fingerprint density at radius 1 is 0.429 bits per heavy atom. The van der Waals surface area contributed by atoms with E-state index in [2.05, 4.69) is 66.3 Å². The van der Waals surface area contributed by atoms with Gasteiger partial charge in [0.2, 0.25) is 0 Å². The zero-order valence-corrected chi connectivity index (χ0v) is 30.3. The van der Waals surface area contributed by atoms with Crippen molar-refractivity contribution in [2.45, 2.75) is 0 Å². The number of aromatic nitrogens is 8. The number of aromatic amines is 2. The molecule has 2 aliphatic rings. The van der Waals surface area contributed by atoms with Gasteiger partial charge >= 0.3 is 23.9 Å². The summed E-state index contributed by atoms with van der Waals surface area (Å²) in [7, 11) is 0. The Balaban J connectivity index is 0.00000348. The van der Waals surface area contributed by atoms with E-state index < -0.39 is 0 Å². The number of fused-ring (bicyclic) bond motifs is 8. The quantitative estimate of drug-likeness (QED) is 0.179. The van der Waals surface area contributed by atoms with Gasteiger partial charge in [-0.05, 0) is 119 Å². The molecular formula is C40H28N8Sn. The van der Waals surface area contributed by atoms with Crippen LogP contribution in [0.5, 0.6) is 0 Å². The Kier molecular flexibility index (Phi) is 7.98. The molecule has 0 unspecified atom stereocenters. The van der Waals surface area contributed by atoms with Crippen LogP contribution in [0.15, 0.2) is 128 Å². The maximum atomic E-state index is 5.36. The predicted octanol–water partition coefficient (Wildman–Crippen LogP) is 7.74. The van der Waals surface area contributed by atoms with Gasteiger partial charge in [-0.25, -0.2) is 9.97 Å². The molecule has 9 rings (SSSR count). The van der Waals surface area contributed by atoms with Crippen molar-refractivity contribution >= 4 is 69.8 Å². The first kappa shape index (κ1) is 30.3. The van der Waals surface area contributed by atoms with Crippen LogP contribution in [0.25, 0.3) is 79.2 Å². The number of pyridine rings is 4. The van der Waals surface area contributed by atoms with Crippen molar-refractivity contribution in [3.8, 4) is 33.4 Å². The molecule has 7 aromatic heterocycles. The van der Waals surface area contributed by atoms with Gasteiger partial charge in [0.25, 0.3) is 0 Å². The summed E-state index contributed by atoms with van der Waals surface area (Å²) >= 11 is 0. The molecule has 0 atom stereocenters. The number of hydrogen-bond donors (Lipinski definition) is 2. The van der Waals surface area contributed by atoms with Crippen LogP contribution in [-0.2, 0) is 0 Å². The van der Waals surface area contributed by atoms with Gasteiger partial charge in [-0.2, -0.15) is 0 Å². The van der Waals surface area contributed by atoms with Gasteiger partial charge in [-0.3, -0.25) is 19.9 Å². The zero-order chi connectivity index (χ0) is 31.9. The summed E-state index contributed by atoms with van der Waals surface area (Å²) in [5.74, 6) is 0. The Morgan fingerprint density at radius 3 is 1.51 bits per heavy atom. The number of rotatable bonds is 4. The van der Waals surface area contributed by atoms with E-state index in [4.69, 9.17) is 9.97 Å². The van der Waals surface area contributed by atoms with Crippen LogP contribution in [-0.4, -0.2) is 63.8 Å². The molecule has 0 saturated heterocycles. The number of nitrogens with one attached hydrogen (secondary N) is 2. The molecule has 7 aromatic rings. The number of nitrogens with zero attached hydrogens (tertiary/aromatic N) is 6. The molecule has 2 aliphatic heterocycles. The van der Waals surface area contributed by atoms with E-state index in [1.54, 1.807) is 0 Å². The summed E-state index contributed by atoms with van der Waals surface area (Å²) in [5, 5.41) is 0. The first-order valence-electron chi connectivity index (χ1n) is 15.6. The van der Waals surface area contributed by atoms with Crippen LogP contribution in [0.2, 0.25) is 0 Å². The second-order valence-electron chi connectivity index (χ2n) is 11.5. The molecule has 8 bridgehead atoms. The molecule has 9 heteroatoms. The van der Waals surface area contributed by atoms with Crippen LogP contribution < -0.4 is 0 Å². The molecule has 2 N–H and O–H groups in total. The summed E-state index contributed by atoms with van der Waals surface area (Å²) in [6.45, 7) is 0. The number of hydrogen-bond acceptors (Lipinski definition) is 6. The summed E-state index contributed by atoms with van der Waals surface area (Å²) in [6.07, 6.45) is 20.8. The van der Waals surface area contributed by atoms with E-state index in [-0.39, 0.29) is 23.9 Å². The van der Waals surface area contributed by atoms with E-state index in [9.17, 15) is 0 Å². The molecule has 232 valence electrons. The van der Waals surface area contributed by atoms with E-state index in [1.165, 1.54) is 0 Å². The van der Waals surface area contributed by atoms with Crippen LogP contribution >= 0.6 is 0 Å². The van der Waals surface area contributed by atoms with Crippen molar-refractivity contribution < 1.29 is 0 Å². The summed E-state index contributed by atoms with van der Waals surface area (Å²) in [5.41, 5.74) is 15.1. The Labute approximate surface area is 298 Å². The van der Waals surface area contributed by atoms with Crippen molar-refractivity contribution in [2.75, 3.05) is 0 Å². The molecule has 8 nitrogen and oxygen atoms in total. The molecule has 0 fully saturated rings. The summed E-state index contributed by atoms with van der Waals surface area (Å²) < 4.78 is 0. The maximum absolute atomic E-state index is 5.36. The molecule has 9 heterocycles. The standard InChI is InChI=1S/C40H26N8.Sn.2H/c1-2-31-22-33-23-34(25-5-13-41-14-6-25)39(47-33)38(28-11-19-44-20-12-28)40-37(27-9-17-43-18-10-27)36(26-7-15-42-16-8-26)35(48-40)24-32-4-3-30(46-32)21-29(1)45-31;;;/h1-24,45,48H;;;. The Morgan fingerprint density at radius 2 is 0.918 bits per heavy atom. The third-order valence-electron chi connectivity index (χ3n) is 8.52. The minimum atomic E-state index is 0. The monoisotopic (exact) mass is 740 g/mol. The van der Waals surface area contributed by atoms with E-state index in [0.29, 0.717) is 0 Å². The van der Waals surface area contributed by atoms with Gasteiger partial charge in [0.15, 0.2) is 0 Å². The summed E-state index contributed by atoms with van der Waals surface area (Å²) in [4.78, 5) is 35.1. The van der Waals surface area contributed by atoms with Crippen molar-refractivity contribution in [2.24, 2.45) is 0 Å². The van der Waals surface area contributed by atoms with Crippen LogP contribution in [0.3, 0.4) is 0 Å². The van der Waals surface area contributed by atoms with Crippen molar-refractivity contribution in [1.29, 1.82) is 0 Å². The third kappa shape index (κ3) is 5.76. The van der Waals surface area contributed by atoms with Gasteiger partial charge in [0.1, 0.15) is 0 Å². The SMILES string of the molecule is C1=Cc2cc3[nH]c(c(-c4ccncc4)c4nc(cc5ccc(cc1n2)[nH]5)C=C4c1ccncc1)c(-c1ccncc1)c3-c1ccncc1.[SnH2]. The van der Waals surface area contributed by atoms with Crippen molar-refractivity contribution in [3.05, 3.63) is 157 Å². The van der Waals surface area contributed by atoms with Gasteiger partial charge in [0.05, 0.1) is 28.3 Å². The molecular weight excluding hydrogens is 711 g/mol. The first-order chi connectivity index (χ1) is 23.8. The fourth-order valence-corrected chi connectivity index (χ4v) is 6.43. The fraction of sp³-hybridized carbons (Fsp3) is 0. The van der Waals surface area contributed by atoms with Gasteiger partial charge in [-0.15, -0.1) is 0 Å². The molecule has 0 aliphatic carbocycles. The first-order valence-corrected chi connectivity index (χ1v) is 15.6. The second-order valence-corrected chi connectivity index (χ2v) is 11.5. The van der Waals surface area contributed by atoms with Crippen molar-refractivity contribution in [3.63, 3.8) is 0 Å². The molecule has 49 heavy (non-hydrogen) atoms. The normalized spacial score (nSPS) is 12.0. The van der Waals surface area contributed by atoms with Crippen LogP contribution in [0.4, 0.5) is 0 Å². The minimum absolute atomic E-state index is 0. The van der Waals surface area contributed by atoms with E-state index >= 15 is 0 Å². The zero-order valence-electron chi connectivity index (χ0n) is 26.2. The topological polar surface area (TPSA) is 109 Å². The third-order valence-corrected chi connectivity index (χ3v) is 8.52. The predicted molar refractivity (Wildman–Crippen MR) is 199 cm³/mol. The second kappa shape index (κ2) is 12.9. The average Bonchev–Trinajstić information content (AvgIpc) is 3.94. The summed E-state index contributed by atoms with van der Waals surface area (Å²) in [6, 6.07) is 26.7. The Bertz CT molecular complexity index is 2540. The Hall–Kier alpha value is -6.00.